The van der Waals surface area contributed by atoms with Crippen LogP contribution in [0, 0.1) is 0 Å². The van der Waals surface area contributed by atoms with Gasteiger partial charge in [0.1, 0.15) is 5.75 Å². The van der Waals surface area contributed by atoms with E-state index >= 15 is 0 Å². The molecule has 0 aliphatic rings. The van der Waals surface area contributed by atoms with Crippen LogP contribution in [0.5, 0.6) is 5.75 Å². The Morgan fingerprint density at radius 1 is 1.38 bits per heavy atom. The Bertz CT molecular complexity index is 455. The smallest absolute Gasteiger partial charge is 0.406 e. The first-order valence-corrected chi connectivity index (χ1v) is 6.11. The molecule has 2 N–H and O–H groups in total. The van der Waals surface area contributed by atoms with E-state index in [9.17, 15) is 18.0 Å². The van der Waals surface area contributed by atoms with Gasteiger partial charge in [-0.3, -0.25) is 4.79 Å². The van der Waals surface area contributed by atoms with Crippen LogP contribution in [-0.4, -0.2) is 25.9 Å². The van der Waals surface area contributed by atoms with E-state index in [1.54, 1.807) is 20.0 Å². The molecule has 4 nitrogen and oxygen atoms in total. The molecule has 0 radical (unpaired) electrons. The van der Waals surface area contributed by atoms with Crippen molar-refractivity contribution in [2.75, 3.05) is 13.6 Å². The van der Waals surface area contributed by atoms with E-state index in [1.165, 1.54) is 18.2 Å². The second kappa shape index (κ2) is 8.74. The number of hydrogen-bond donors (Lipinski definition) is 2. The summed E-state index contributed by atoms with van der Waals surface area (Å²) in [5.41, 5.74) is 0.546. The molecule has 0 aliphatic heterocycles. The molecule has 0 bridgehead atoms. The zero-order valence-electron chi connectivity index (χ0n) is 11.7. The molecule has 1 aromatic rings. The van der Waals surface area contributed by atoms with Crippen LogP contribution >= 0.6 is 12.4 Å². The molecule has 0 aliphatic carbocycles. The minimum absolute atomic E-state index is 0. The van der Waals surface area contributed by atoms with Crippen LogP contribution in [0.3, 0.4) is 0 Å². The second-order valence-corrected chi connectivity index (χ2v) is 4.26. The van der Waals surface area contributed by atoms with Crippen molar-refractivity contribution in [3.8, 4) is 5.75 Å². The van der Waals surface area contributed by atoms with Gasteiger partial charge < -0.3 is 15.4 Å². The zero-order chi connectivity index (χ0) is 15.2. The maximum atomic E-state index is 12.1. The number of carbonyl (C=O) groups excluding carboxylic acids is 1. The van der Waals surface area contributed by atoms with Crippen molar-refractivity contribution in [1.29, 1.82) is 0 Å². The average molecular weight is 327 g/mol. The van der Waals surface area contributed by atoms with E-state index in [1.807, 2.05) is 0 Å². The molecule has 0 heterocycles. The molecule has 0 fully saturated rings. The van der Waals surface area contributed by atoms with Gasteiger partial charge in [-0.1, -0.05) is 12.1 Å². The first-order valence-electron chi connectivity index (χ1n) is 6.11. The minimum Gasteiger partial charge on any atom is -0.406 e. The molecule has 1 amide bonds. The van der Waals surface area contributed by atoms with Crippen LogP contribution < -0.4 is 15.4 Å². The summed E-state index contributed by atoms with van der Waals surface area (Å²) in [4.78, 5) is 11.5. The third-order valence-electron chi connectivity index (χ3n) is 2.57. The summed E-state index contributed by atoms with van der Waals surface area (Å²) in [7, 11) is 1.73. The quantitative estimate of drug-likeness (QED) is 0.845. The van der Waals surface area contributed by atoms with E-state index in [0.29, 0.717) is 18.5 Å². The highest BCUT2D eigenvalue weighted by Crippen LogP contribution is 2.25. The van der Waals surface area contributed by atoms with Crippen LogP contribution in [-0.2, 0) is 4.79 Å². The lowest BCUT2D eigenvalue weighted by Crippen LogP contribution is -2.29. The molecule has 0 saturated carbocycles. The number of ether oxygens (including phenoxy) is 1. The molecule has 1 aromatic carbocycles. The minimum atomic E-state index is -4.72. The summed E-state index contributed by atoms with van der Waals surface area (Å²) in [5, 5.41) is 5.55. The Labute approximate surface area is 127 Å². The normalized spacial score (nSPS) is 12.2. The highest BCUT2D eigenvalue weighted by atomic mass is 35.5. The molecule has 0 aromatic heterocycles. The Morgan fingerprint density at radius 2 is 2.05 bits per heavy atom. The summed E-state index contributed by atoms with van der Waals surface area (Å²) < 4.78 is 40.2. The predicted octanol–water partition coefficient (Wildman–Crippen LogP) is 2.79. The van der Waals surface area contributed by atoms with E-state index in [-0.39, 0.29) is 24.1 Å². The molecule has 1 rings (SSSR count). The Morgan fingerprint density at radius 3 is 2.62 bits per heavy atom. The van der Waals surface area contributed by atoms with Crippen molar-refractivity contribution in [2.24, 2.45) is 0 Å². The second-order valence-electron chi connectivity index (χ2n) is 4.26. The Kier molecular flexibility index (Phi) is 8.12. The van der Waals surface area contributed by atoms with Crippen LogP contribution in [0.2, 0.25) is 0 Å². The van der Waals surface area contributed by atoms with Gasteiger partial charge in [0.05, 0.1) is 6.04 Å². The van der Waals surface area contributed by atoms with Crippen LogP contribution in [0.1, 0.15) is 24.9 Å². The maximum Gasteiger partial charge on any atom is 0.573 e. The first kappa shape index (κ1) is 19.5. The van der Waals surface area contributed by atoms with Crippen LogP contribution in [0.4, 0.5) is 13.2 Å². The number of rotatable bonds is 6. The number of carbonyl (C=O) groups is 1. The van der Waals surface area contributed by atoms with Gasteiger partial charge in [0.15, 0.2) is 0 Å². The van der Waals surface area contributed by atoms with Gasteiger partial charge in [0.25, 0.3) is 0 Å². The molecule has 21 heavy (non-hydrogen) atoms. The van der Waals surface area contributed by atoms with Gasteiger partial charge in [0.2, 0.25) is 5.91 Å². The number of benzene rings is 1. The average Bonchev–Trinajstić information content (AvgIpc) is 2.34. The maximum absolute atomic E-state index is 12.1. The predicted molar refractivity (Wildman–Crippen MR) is 75.5 cm³/mol. The highest BCUT2D eigenvalue weighted by molar-refractivity contribution is 5.85. The number of amides is 1. The molecular formula is C13H18ClF3N2O2. The molecule has 1 unspecified atom stereocenters. The number of hydrogen-bond acceptors (Lipinski definition) is 3. The topological polar surface area (TPSA) is 50.4 Å². The fraction of sp³-hybridized carbons (Fsp3) is 0.462. The van der Waals surface area contributed by atoms with Crippen LogP contribution in [0.25, 0.3) is 0 Å². The number of alkyl halides is 3. The number of halogens is 4. The zero-order valence-corrected chi connectivity index (χ0v) is 12.5. The summed E-state index contributed by atoms with van der Waals surface area (Å²) in [6, 6.07) is 5.17. The van der Waals surface area contributed by atoms with Gasteiger partial charge in [-0.05, 0) is 31.7 Å². The summed E-state index contributed by atoms with van der Waals surface area (Å²) >= 11 is 0. The third-order valence-corrected chi connectivity index (χ3v) is 2.57. The fourth-order valence-corrected chi connectivity index (χ4v) is 1.62. The summed E-state index contributed by atoms with van der Waals surface area (Å²) in [5.74, 6) is -0.472. The standard InChI is InChI=1S/C13H17F3N2O2.ClH/c1-9(18-12(19)6-7-17-2)10-4-3-5-11(8-10)20-13(14,15)16;/h3-5,8-9,17H,6-7H2,1-2H3,(H,18,19);1H. The lowest BCUT2D eigenvalue weighted by molar-refractivity contribution is -0.274. The van der Waals surface area contributed by atoms with E-state index in [4.69, 9.17) is 0 Å². The van der Waals surface area contributed by atoms with Gasteiger partial charge in [-0.2, -0.15) is 0 Å². The lowest BCUT2D eigenvalue weighted by atomic mass is 10.1. The Hall–Kier alpha value is -1.47. The molecule has 8 heteroatoms. The lowest BCUT2D eigenvalue weighted by Gasteiger charge is -2.16. The van der Waals surface area contributed by atoms with Gasteiger partial charge in [0, 0.05) is 13.0 Å². The number of nitrogens with one attached hydrogen (secondary N) is 2. The fourth-order valence-electron chi connectivity index (χ4n) is 1.62. The van der Waals surface area contributed by atoms with Crippen molar-refractivity contribution in [3.05, 3.63) is 29.8 Å². The summed E-state index contributed by atoms with van der Waals surface area (Å²) in [6.07, 6.45) is -4.42. The summed E-state index contributed by atoms with van der Waals surface area (Å²) in [6.45, 7) is 2.24. The van der Waals surface area contributed by atoms with Gasteiger partial charge in [-0.25, -0.2) is 0 Å². The van der Waals surface area contributed by atoms with Crippen molar-refractivity contribution >= 4 is 18.3 Å². The van der Waals surface area contributed by atoms with E-state index < -0.39 is 12.4 Å². The van der Waals surface area contributed by atoms with Gasteiger partial charge >= 0.3 is 6.36 Å². The third kappa shape index (κ3) is 7.77. The largest absolute Gasteiger partial charge is 0.573 e. The van der Waals surface area contributed by atoms with E-state index in [0.717, 1.165) is 0 Å². The van der Waals surface area contributed by atoms with Crippen molar-refractivity contribution in [2.45, 2.75) is 25.7 Å². The molecule has 1 atom stereocenters. The SMILES string of the molecule is CNCCC(=O)NC(C)c1cccc(OC(F)(F)F)c1.Cl. The van der Waals surface area contributed by atoms with Crippen molar-refractivity contribution < 1.29 is 22.7 Å². The molecular weight excluding hydrogens is 309 g/mol. The first-order chi connectivity index (χ1) is 9.31. The van der Waals surface area contributed by atoms with Gasteiger partial charge in [-0.15, -0.1) is 25.6 Å². The highest BCUT2D eigenvalue weighted by Gasteiger charge is 2.31. The molecule has 120 valence electrons. The Balaban J connectivity index is 0.00000400. The molecule has 0 saturated heterocycles. The monoisotopic (exact) mass is 326 g/mol. The van der Waals surface area contributed by atoms with Crippen molar-refractivity contribution in [3.63, 3.8) is 0 Å². The van der Waals surface area contributed by atoms with Crippen molar-refractivity contribution in [1.82, 2.24) is 10.6 Å². The molecule has 0 spiro atoms. The van der Waals surface area contributed by atoms with Crippen LogP contribution in [0.15, 0.2) is 24.3 Å². The van der Waals surface area contributed by atoms with E-state index in [2.05, 4.69) is 15.4 Å².